The van der Waals surface area contributed by atoms with Crippen molar-refractivity contribution in [2.24, 2.45) is 0 Å². The number of pyridine rings is 2. The molecular formula is C14H14N4+2. The molecule has 0 fully saturated rings. The Labute approximate surface area is 105 Å². The van der Waals surface area contributed by atoms with Crippen LogP contribution in [0.15, 0.2) is 48.8 Å². The molecule has 0 unspecified atom stereocenters. The van der Waals surface area contributed by atoms with Crippen molar-refractivity contribution in [3.8, 4) is 11.4 Å². The van der Waals surface area contributed by atoms with Crippen molar-refractivity contribution in [2.45, 2.75) is 19.5 Å². The molecule has 4 heteroatoms. The van der Waals surface area contributed by atoms with Crippen molar-refractivity contribution in [1.29, 1.82) is 0 Å². The molecule has 1 aliphatic heterocycles. The van der Waals surface area contributed by atoms with Gasteiger partial charge in [-0.2, -0.15) is 4.57 Å². The lowest BCUT2D eigenvalue weighted by Gasteiger charge is -1.95. The fourth-order valence-electron chi connectivity index (χ4n) is 2.69. The van der Waals surface area contributed by atoms with Crippen LogP contribution < -0.4 is 9.25 Å². The average molecular weight is 238 g/mol. The normalized spacial score (nSPS) is 14.0. The van der Waals surface area contributed by atoms with E-state index >= 15 is 0 Å². The quantitative estimate of drug-likeness (QED) is 0.536. The number of fused-ring (bicyclic) bond motifs is 5. The van der Waals surface area contributed by atoms with Crippen LogP contribution in [0.2, 0.25) is 0 Å². The van der Waals surface area contributed by atoms with E-state index in [1.54, 1.807) is 0 Å². The number of aryl methyl sites for hydroxylation is 2. The molecule has 0 aliphatic carbocycles. The van der Waals surface area contributed by atoms with Gasteiger partial charge in [0.05, 0.1) is 5.21 Å². The zero-order valence-electron chi connectivity index (χ0n) is 10.0. The molecule has 0 bridgehead atoms. The van der Waals surface area contributed by atoms with E-state index < -0.39 is 0 Å². The van der Waals surface area contributed by atoms with Crippen LogP contribution in [0.5, 0.6) is 0 Å². The van der Waals surface area contributed by atoms with E-state index in [1.807, 2.05) is 16.8 Å². The van der Waals surface area contributed by atoms with Gasteiger partial charge in [0.2, 0.25) is 5.52 Å². The summed E-state index contributed by atoms with van der Waals surface area (Å²) in [5, 5.41) is 4.63. The summed E-state index contributed by atoms with van der Waals surface area (Å²) in [4.78, 5) is 0. The highest BCUT2D eigenvalue weighted by Crippen LogP contribution is 2.18. The predicted molar refractivity (Wildman–Crippen MR) is 65.6 cm³/mol. The van der Waals surface area contributed by atoms with Gasteiger partial charge in [0, 0.05) is 18.6 Å². The Bertz CT molecular complexity index is 729. The maximum atomic E-state index is 4.63. The summed E-state index contributed by atoms with van der Waals surface area (Å²) >= 11 is 0. The second-order valence-corrected chi connectivity index (χ2v) is 4.62. The van der Waals surface area contributed by atoms with Crippen molar-refractivity contribution < 1.29 is 9.25 Å². The highest BCUT2D eigenvalue weighted by atomic mass is 15.5. The SMILES string of the molecule is c1cc[n+]2c(c1)-c1c3ccccn3n[n+]1CCC2. The highest BCUT2D eigenvalue weighted by Gasteiger charge is 2.30. The van der Waals surface area contributed by atoms with Crippen molar-refractivity contribution >= 4 is 5.52 Å². The Balaban J connectivity index is 2.13. The maximum absolute atomic E-state index is 4.63. The van der Waals surface area contributed by atoms with E-state index in [4.69, 9.17) is 0 Å². The Morgan fingerprint density at radius 2 is 2.00 bits per heavy atom. The molecule has 0 saturated heterocycles. The van der Waals surface area contributed by atoms with Gasteiger partial charge in [-0.3, -0.25) is 0 Å². The van der Waals surface area contributed by atoms with E-state index in [-0.39, 0.29) is 0 Å². The third-order valence-corrected chi connectivity index (χ3v) is 3.50. The molecular weight excluding hydrogens is 224 g/mol. The van der Waals surface area contributed by atoms with Gasteiger partial charge in [-0.05, 0) is 18.2 Å². The van der Waals surface area contributed by atoms with Crippen LogP contribution in [0.3, 0.4) is 0 Å². The molecule has 3 aromatic heterocycles. The zero-order chi connectivity index (χ0) is 11.9. The lowest BCUT2D eigenvalue weighted by molar-refractivity contribution is -0.744. The molecule has 18 heavy (non-hydrogen) atoms. The second-order valence-electron chi connectivity index (χ2n) is 4.62. The van der Waals surface area contributed by atoms with Gasteiger partial charge in [-0.25, -0.2) is 0 Å². The number of aromatic nitrogens is 4. The number of rotatable bonds is 0. The van der Waals surface area contributed by atoms with Crippen molar-refractivity contribution in [3.63, 3.8) is 0 Å². The third kappa shape index (κ3) is 1.29. The summed E-state index contributed by atoms with van der Waals surface area (Å²) in [6, 6.07) is 12.6. The number of hydrogen-bond acceptors (Lipinski definition) is 1. The molecule has 1 aliphatic rings. The van der Waals surface area contributed by atoms with Crippen LogP contribution in [0.25, 0.3) is 16.9 Å². The molecule has 3 aromatic rings. The number of hydrogen-bond donors (Lipinski definition) is 0. The summed E-state index contributed by atoms with van der Waals surface area (Å²) < 4.78 is 6.39. The van der Waals surface area contributed by atoms with Gasteiger partial charge in [-0.1, -0.05) is 6.07 Å². The van der Waals surface area contributed by atoms with Crippen LogP contribution in [0.1, 0.15) is 6.42 Å². The zero-order valence-corrected chi connectivity index (χ0v) is 10.0. The van der Waals surface area contributed by atoms with Crippen molar-refractivity contribution in [2.75, 3.05) is 0 Å². The Kier molecular flexibility index (Phi) is 1.97. The van der Waals surface area contributed by atoms with Crippen molar-refractivity contribution in [1.82, 2.24) is 9.73 Å². The lowest BCUT2D eigenvalue weighted by Crippen LogP contribution is -2.38. The lowest BCUT2D eigenvalue weighted by atomic mass is 10.2. The molecule has 88 valence electrons. The van der Waals surface area contributed by atoms with Crippen molar-refractivity contribution in [3.05, 3.63) is 48.8 Å². The minimum Gasteiger partial charge on any atom is -0.195 e. The summed E-state index contributed by atoms with van der Waals surface area (Å²) in [5.41, 5.74) is 3.63. The summed E-state index contributed by atoms with van der Waals surface area (Å²) in [5.74, 6) is 0. The topological polar surface area (TPSA) is 25.1 Å². The summed E-state index contributed by atoms with van der Waals surface area (Å²) in [6.07, 6.45) is 5.27. The molecule has 0 saturated carbocycles. The Hall–Kier alpha value is -2.23. The van der Waals surface area contributed by atoms with E-state index in [9.17, 15) is 0 Å². The molecule has 0 spiro atoms. The first-order valence-corrected chi connectivity index (χ1v) is 6.30. The monoisotopic (exact) mass is 238 g/mol. The molecule has 4 heterocycles. The number of nitrogens with zero attached hydrogens (tertiary/aromatic N) is 4. The highest BCUT2D eigenvalue weighted by molar-refractivity contribution is 5.69. The molecule has 4 nitrogen and oxygen atoms in total. The van der Waals surface area contributed by atoms with Crippen LogP contribution in [0.4, 0.5) is 0 Å². The predicted octanol–water partition coefficient (Wildman–Crippen LogP) is 0.980. The smallest absolute Gasteiger partial charge is 0.195 e. The molecule has 0 aromatic carbocycles. The van der Waals surface area contributed by atoms with Gasteiger partial charge < -0.3 is 0 Å². The molecule has 4 rings (SSSR count). The van der Waals surface area contributed by atoms with Gasteiger partial charge in [0.15, 0.2) is 12.7 Å². The van der Waals surface area contributed by atoms with Crippen LogP contribution in [-0.4, -0.2) is 9.73 Å². The summed E-state index contributed by atoms with van der Waals surface area (Å²) in [6.45, 7) is 2.03. The fraction of sp³-hybridized carbons (Fsp3) is 0.214. The van der Waals surface area contributed by atoms with E-state index in [1.165, 1.54) is 16.9 Å². The third-order valence-electron chi connectivity index (χ3n) is 3.50. The minimum absolute atomic E-state index is 0.971. The fourth-order valence-corrected chi connectivity index (χ4v) is 2.69. The second kappa shape index (κ2) is 3.63. The maximum Gasteiger partial charge on any atom is 0.269 e. The van der Waals surface area contributed by atoms with E-state index in [0.29, 0.717) is 0 Å². The molecule has 0 radical (unpaired) electrons. The first-order chi connectivity index (χ1) is 8.93. The Morgan fingerprint density at radius 3 is 3.00 bits per heavy atom. The minimum atomic E-state index is 0.971. The van der Waals surface area contributed by atoms with E-state index in [0.717, 1.165) is 19.5 Å². The van der Waals surface area contributed by atoms with Gasteiger partial charge in [0.25, 0.3) is 11.4 Å². The van der Waals surface area contributed by atoms with E-state index in [2.05, 4.69) is 51.0 Å². The first-order valence-electron chi connectivity index (χ1n) is 6.30. The van der Waals surface area contributed by atoms with Crippen LogP contribution in [0, 0.1) is 0 Å². The van der Waals surface area contributed by atoms with Gasteiger partial charge >= 0.3 is 0 Å². The standard InChI is InChI=1S/C14H14N4/c1-3-8-16-9-5-11-18-14(12(16)6-1)13-7-2-4-10-17(13)15-18/h1-4,6-8,10H,5,9,11H2/q+2. The van der Waals surface area contributed by atoms with Crippen LogP contribution in [-0.2, 0) is 13.1 Å². The van der Waals surface area contributed by atoms with Gasteiger partial charge in [-0.15, -0.1) is 9.20 Å². The van der Waals surface area contributed by atoms with Crippen LogP contribution >= 0.6 is 0 Å². The molecule has 0 N–H and O–H groups in total. The Morgan fingerprint density at radius 1 is 1.06 bits per heavy atom. The average Bonchev–Trinajstić information content (AvgIpc) is 2.68. The molecule has 0 atom stereocenters. The first kappa shape index (κ1) is 9.76. The molecule has 0 amide bonds. The van der Waals surface area contributed by atoms with Gasteiger partial charge in [0.1, 0.15) is 12.7 Å². The summed E-state index contributed by atoms with van der Waals surface area (Å²) in [7, 11) is 0. The largest absolute Gasteiger partial charge is 0.269 e.